The molecule has 0 unspecified atom stereocenters. The number of hydrogen-bond donors (Lipinski definition) is 1. The first-order valence-electron chi connectivity index (χ1n) is 7.67. The van der Waals surface area contributed by atoms with E-state index in [0.717, 1.165) is 33.4 Å². The molecular weight excluding hydrogens is 321 g/mol. The number of anilines is 1. The molecule has 0 fully saturated rings. The Morgan fingerprint density at radius 2 is 1.92 bits per heavy atom. The molecule has 5 heteroatoms. The van der Waals surface area contributed by atoms with Gasteiger partial charge in [0.1, 0.15) is 12.9 Å². The fourth-order valence-corrected chi connectivity index (χ4v) is 4.21. The molecule has 24 heavy (non-hydrogen) atoms. The number of nitrogens with one attached hydrogen (secondary N) is 1. The molecule has 0 spiro atoms. The zero-order valence-electron chi connectivity index (χ0n) is 14.2. The van der Waals surface area contributed by atoms with Gasteiger partial charge in [-0.15, -0.1) is 0 Å². The number of carbonyl (C=O) groups excluding carboxylic acids is 1. The molecule has 1 amide bonds. The van der Waals surface area contributed by atoms with Crippen molar-refractivity contribution in [2.45, 2.75) is 6.92 Å². The van der Waals surface area contributed by atoms with E-state index in [1.165, 1.54) is 0 Å². The SMILES string of the molecule is COc1cccc(/C=C2\C(=O)Nc3cc(C)cc(P(C)(C)=O)c32)c1. The van der Waals surface area contributed by atoms with E-state index in [9.17, 15) is 9.36 Å². The molecule has 4 nitrogen and oxygen atoms in total. The second-order valence-electron chi connectivity index (χ2n) is 6.35. The Kier molecular flexibility index (Phi) is 4.10. The molecule has 1 aliphatic heterocycles. The van der Waals surface area contributed by atoms with Crippen LogP contribution >= 0.6 is 7.14 Å². The third-order valence-electron chi connectivity index (χ3n) is 4.01. The highest BCUT2D eigenvalue weighted by Crippen LogP contribution is 2.43. The van der Waals surface area contributed by atoms with E-state index < -0.39 is 7.14 Å². The fourth-order valence-electron chi connectivity index (χ4n) is 2.91. The molecule has 0 saturated heterocycles. The number of benzene rings is 2. The van der Waals surface area contributed by atoms with Gasteiger partial charge in [-0.3, -0.25) is 4.79 Å². The Hall–Kier alpha value is -2.32. The van der Waals surface area contributed by atoms with Gasteiger partial charge in [0.05, 0.1) is 18.4 Å². The zero-order valence-corrected chi connectivity index (χ0v) is 15.1. The van der Waals surface area contributed by atoms with Crippen LogP contribution in [0.1, 0.15) is 16.7 Å². The third kappa shape index (κ3) is 3.02. The highest BCUT2D eigenvalue weighted by atomic mass is 31.2. The Morgan fingerprint density at radius 1 is 1.17 bits per heavy atom. The van der Waals surface area contributed by atoms with Crippen LogP contribution in [0.2, 0.25) is 0 Å². The van der Waals surface area contributed by atoms with Crippen molar-refractivity contribution in [3.8, 4) is 5.75 Å². The van der Waals surface area contributed by atoms with Crippen LogP contribution in [0.3, 0.4) is 0 Å². The minimum Gasteiger partial charge on any atom is -0.497 e. The van der Waals surface area contributed by atoms with Crippen molar-refractivity contribution in [2.24, 2.45) is 0 Å². The summed E-state index contributed by atoms with van der Waals surface area (Å²) in [6.45, 7) is 5.40. The summed E-state index contributed by atoms with van der Waals surface area (Å²) in [4.78, 5) is 12.5. The highest BCUT2D eigenvalue weighted by Gasteiger charge is 2.31. The minimum absolute atomic E-state index is 0.173. The van der Waals surface area contributed by atoms with Crippen molar-refractivity contribution in [1.29, 1.82) is 0 Å². The monoisotopic (exact) mass is 341 g/mol. The molecule has 1 aliphatic rings. The van der Waals surface area contributed by atoms with Crippen molar-refractivity contribution in [3.63, 3.8) is 0 Å². The second kappa shape index (κ2) is 5.95. The van der Waals surface area contributed by atoms with Gasteiger partial charge in [-0.05, 0) is 61.7 Å². The number of fused-ring (bicyclic) bond motifs is 1. The predicted molar refractivity (Wildman–Crippen MR) is 99.8 cm³/mol. The van der Waals surface area contributed by atoms with Crippen molar-refractivity contribution in [1.82, 2.24) is 0 Å². The Balaban J connectivity index is 2.21. The van der Waals surface area contributed by atoms with Gasteiger partial charge in [0, 0.05) is 10.9 Å². The van der Waals surface area contributed by atoms with Gasteiger partial charge in [0.15, 0.2) is 0 Å². The first-order chi connectivity index (χ1) is 11.3. The smallest absolute Gasteiger partial charge is 0.256 e. The summed E-state index contributed by atoms with van der Waals surface area (Å²) < 4.78 is 18.0. The van der Waals surface area contributed by atoms with E-state index in [0.29, 0.717) is 5.57 Å². The maximum absolute atomic E-state index is 12.7. The molecule has 0 aromatic heterocycles. The van der Waals surface area contributed by atoms with E-state index >= 15 is 0 Å². The van der Waals surface area contributed by atoms with Crippen LogP contribution in [-0.2, 0) is 9.36 Å². The molecule has 0 radical (unpaired) electrons. The minimum atomic E-state index is -2.53. The topological polar surface area (TPSA) is 55.4 Å². The van der Waals surface area contributed by atoms with Crippen LogP contribution in [0, 0.1) is 6.92 Å². The van der Waals surface area contributed by atoms with E-state index in [-0.39, 0.29) is 5.91 Å². The molecule has 0 bridgehead atoms. The summed E-state index contributed by atoms with van der Waals surface area (Å²) >= 11 is 0. The molecule has 0 saturated carbocycles. The van der Waals surface area contributed by atoms with Crippen molar-refractivity contribution >= 4 is 35.7 Å². The van der Waals surface area contributed by atoms with Crippen LogP contribution in [0.5, 0.6) is 5.75 Å². The number of rotatable bonds is 3. The largest absolute Gasteiger partial charge is 0.497 e. The Bertz CT molecular complexity index is 909. The molecular formula is C19H20NO3P. The quantitative estimate of drug-likeness (QED) is 0.683. The van der Waals surface area contributed by atoms with Gasteiger partial charge < -0.3 is 14.6 Å². The zero-order chi connectivity index (χ0) is 17.5. The number of methoxy groups -OCH3 is 1. The molecule has 0 aliphatic carbocycles. The van der Waals surface area contributed by atoms with E-state index in [1.54, 1.807) is 20.4 Å². The number of hydrogen-bond acceptors (Lipinski definition) is 3. The van der Waals surface area contributed by atoms with Gasteiger partial charge in [0.2, 0.25) is 0 Å². The van der Waals surface area contributed by atoms with Crippen LogP contribution in [0.4, 0.5) is 5.69 Å². The van der Waals surface area contributed by atoms with Gasteiger partial charge in [-0.25, -0.2) is 0 Å². The normalized spacial score (nSPS) is 15.3. The standard InChI is InChI=1S/C19H20NO3P/c1-12-8-16-18(17(9-12)24(3,4)22)15(19(21)20-16)11-13-6-5-7-14(10-13)23-2/h5-11H,1-4H3,(H,20,21)/b15-11-. The molecule has 0 atom stereocenters. The summed E-state index contributed by atoms with van der Waals surface area (Å²) in [5.74, 6) is 0.553. The van der Waals surface area contributed by atoms with Crippen LogP contribution in [0.15, 0.2) is 36.4 Å². The Morgan fingerprint density at radius 3 is 2.58 bits per heavy atom. The maximum Gasteiger partial charge on any atom is 0.256 e. The highest BCUT2D eigenvalue weighted by molar-refractivity contribution is 7.70. The number of aryl methyl sites for hydroxylation is 1. The summed E-state index contributed by atoms with van der Waals surface area (Å²) in [6.07, 6.45) is 1.82. The van der Waals surface area contributed by atoms with E-state index in [4.69, 9.17) is 4.74 Å². The number of amides is 1. The van der Waals surface area contributed by atoms with E-state index in [1.807, 2.05) is 49.4 Å². The average molecular weight is 341 g/mol. The lowest BCUT2D eigenvalue weighted by atomic mass is 10.0. The number of carbonyl (C=O) groups is 1. The molecule has 1 heterocycles. The first-order valence-corrected chi connectivity index (χ1v) is 10.3. The van der Waals surface area contributed by atoms with Crippen LogP contribution in [-0.4, -0.2) is 26.3 Å². The van der Waals surface area contributed by atoms with E-state index in [2.05, 4.69) is 5.32 Å². The van der Waals surface area contributed by atoms with Gasteiger partial charge in [-0.1, -0.05) is 12.1 Å². The van der Waals surface area contributed by atoms with Crippen molar-refractivity contribution < 1.29 is 14.1 Å². The maximum atomic E-state index is 12.7. The van der Waals surface area contributed by atoms with Crippen molar-refractivity contribution in [3.05, 3.63) is 53.1 Å². The molecule has 124 valence electrons. The lowest BCUT2D eigenvalue weighted by Crippen LogP contribution is -2.10. The lowest BCUT2D eigenvalue weighted by Gasteiger charge is -2.14. The molecule has 3 rings (SSSR count). The summed E-state index contributed by atoms with van der Waals surface area (Å²) in [5, 5.41) is 3.63. The van der Waals surface area contributed by atoms with Crippen LogP contribution in [0.25, 0.3) is 11.6 Å². The summed E-state index contributed by atoms with van der Waals surface area (Å²) in [7, 11) is -0.921. The van der Waals surface area contributed by atoms with Gasteiger partial charge in [0.25, 0.3) is 5.91 Å². The first kappa shape index (κ1) is 16.5. The molecule has 2 aromatic carbocycles. The number of ether oxygens (including phenoxy) is 1. The fraction of sp³-hybridized carbons (Fsp3) is 0.211. The Labute approximate surface area is 141 Å². The van der Waals surface area contributed by atoms with Crippen LogP contribution < -0.4 is 15.4 Å². The predicted octanol–water partition coefficient (Wildman–Crippen LogP) is 3.74. The lowest BCUT2D eigenvalue weighted by molar-refractivity contribution is -0.110. The summed E-state index contributed by atoms with van der Waals surface area (Å²) in [6, 6.07) is 11.3. The summed E-state index contributed by atoms with van der Waals surface area (Å²) in [5.41, 5.74) is 3.86. The third-order valence-corrected chi connectivity index (χ3v) is 5.52. The second-order valence-corrected chi connectivity index (χ2v) is 9.53. The van der Waals surface area contributed by atoms with Crippen molar-refractivity contribution in [2.75, 3.05) is 25.8 Å². The van der Waals surface area contributed by atoms with Gasteiger partial charge in [-0.2, -0.15) is 0 Å². The average Bonchev–Trinajstić information content (AvgIpc) is 2.81. The van der Waals surface area contributed by atoms with Gasteiger partial charge >= 0.3 is 0 Å². The molecule has 2 aromatic rings. The molecule has 1 N–H and O–H groups in total.